The highest BCUT2D eigenvalue weighted by Crippen LogP contribution is 2.14. The van der Waals surface area contributed by atoms with Crippen molar-refractivity contribution in [3.63, 3.8) is 0 Å². The maximum Gasteiger partial charge on any atom is 0.128 e. The number of rotatable bonds is 6. The Hall–Kier alpha value is -1.94. The normalized spacial score (nSPS) is 10.6. The van der Waals surface area contributed by atoms with Crippen LogP contribution in [0, 0.1) is 6.92 Å². The van der Waals surface area contributed by atoms with E-state index in [-0.39, 0.29) is 0 Å². The lowest BCUT2D eigenvalue weighted by atomic mass is 10.2. The lowest BCUT2D eigenvalue weighted by Gasteiger charge is -2.19. The van der Waals surface area contributed by atoms with Crippen LogP contribution in [0.1, 0.15) is 16.8 Å². The van der Waals surface area contributed by atoms with E-state index in [1.807, 2.05) is 19.4 Å². The molecule has 20 heavy (non-hydrogen) atoms. The average molecular weight is 270 g/mol. The zero-order valence-electron chi connectivity index (χ0n) is 12.4. The number of hydrogen-bond acceptors (Lipinski definition) is 4. The standard InChI is InChI=1S/C16H22N4/c1-13-15(12-17-2)4-5-16(19-13)20(3)11-8-14-6-9-18-10-7-14/h4-7,9-10,17H,8,11-12H2,1-3H3. The van der Waals surface area contributed by atoms with E-state index >= 15 is 0 Å². The monoisotopic (exact) mass is 270 g/mol. The Bertz CT molecular complexity index is 539. The van der Waals surface area contributed by atoms with Crippen LogP contribution >= 0.6 is 0 Å². The molecular weight excluding hydrogens is 248 g/mol. The Morgan fingerprint density at radius 2 is 1.90 bits per heavy atom. The summed E-state index contributed by atoms with van der Waals surface area (Å²) < 4.78 is 0. The molecule has 4 heteroatoms. The predicted octanol–water partition coefficient (Wildman–Crippen LogP) is 2.18. The molecule has 0 unspecified atom stereocenters. The van der Waals surface area contributed by atoms with Gasteiger partial charge in [-0.3, -0.25) is 4.98 Å². The summed E-state index contributed by atoms with van der Waals surface area (Å²) in [6, 6.07) is 8.36. The molecule has 0 amide bonds. The predicted molar refractivity (Wildman–Crippen MR) is 82.9 cm³/mol. The molecule has 0 radical (unpaired) electrons. The fourth-order valence-electron chi connectivity index (χ4n) is 2.13. The molecule has 2 aromatic heterocycles. The highest BCUT2D eigenvalue weighted by atomic mass is 15.2. The fraction of sp³-hybridized carbons (Fsp3) is 0.375. The van der Waals surface area contributed by atoms with Gasteiger partial charge in [-0.05, 0) is 49.7 Å². The van der Waals surface area contributed by atoms with E-state index in [4.69, 9.17) is 0 Å². The molecule has 0 aliphatic heterocycles. The summed E-state index contributed by atoms with van der Waals surface area (Å²) in [7, 11) is 4.04. The molecule has 2 aromatic rings. The first-order valence-electron chi connectivity index (χ1n) is 6.92. The SMILES string of the molecule is CNCc1ccc(N(C)CCc2ccncc2)nc1C. The number of pyridine rings is 2. The van der Waals surface area contributed by atoms with Crippen molar-refractivity contribution in [1.29, 1.82) is 0 Å². The summed E-state index contributed by atoms with van der Waals surface area (Å²) >= 11 is 0. The summed E-state index contributed by atoms with van der Waals surface area (Å²) in [5.74, 6) is 1.02. The van der Waals surface area contributed by atoms with Gasteiger partial charge in [-0.25, -0.2) is 4.98 Å². The first-order valence-corrected chi connectivity index (χ1v) is 6.92. The van der Waals surface area contributed by atoms with Crippen LogP contribution in [0.3, 0.4) is 0 Å². The van der Waals surface area contributed by atoms with E-state index in [0.717, 1.165) is 31.0 Å². The van der Waals surface area contributed by atoms with Gasteiger partial charge in [0.1, 0.15) is 5.82 Å². The zero-order valence-corrected chi connectivity index (χ0v) is 12.4. The van der Waals surface area contributed by atoms with Crippen molar-refractivity contribution in [2.75, 3.05) is 25.5 Å². The van der Waals surface area contributed by atoms with Crippen LogP contribution in [-0.4, -0.2) is 30.6 Å². The number of hydrogen-bond donors (Lipinski definition) is 1. The quantitative estimate of drug-likeness (QED) is 0.873. The largest absolute Gasteiger partial charge is 0.359 e. The van der Waals surface area contributed by atoms with Gasteiger partial charge in [-0.15, -0.1) is 0 Å². The third-order valence-corrected chi connectivity index (χ3v) is 3.42. The van der Waals surface area contributed by atoms with E-state index in [2.05, 4.69) is 58.4 Å². The molecular formula is C16H22N4. The van der Waals surface area contributed by atoms with E-state index in [1.54, 1.807) is 0 Å². The second-order valence-corrected chi connectivity index (χ2v) is 4.97. The minimum atomic E-state index is 0.861. The second-order valence-electron chi connectivity index (χ2n) is 4.97. The lowest BCUT2D eigenvalue weighted by Crippen LogP contribution is -2.22. The second kappa shape index (κ2) is 7.01. The van der Waals surface area contributed by atoms with E-state index in [0.29, 0.717) is 0 Å². The summed E-state index contributed by atoms with van der Waals surface area (Å²) in [6.45, 7) is 3.87. The zero-order chi connectivity index (χ0) is 14.4. The van der Waals surface area contributed by atoms with Crippen molar-refractivity contribution in [3.8, 4) is 0 Å². The van der Waals surface area contributed by atoms with Crippen LogP contribution in [0.15, 0.2) is 36.7 Å². The van der Waals surface area contributed by atoms with Crippen LogP contribution in [0.2, 0.25) is 0 Å². The lowest BCUT2D eigenvalue weighted by molar-refractivity contribution is 0.798. The topological polar surface area (TPSA) is 41.0 Å². The first-order chi connectivity index (χ1) is 9.70. The number of nitrogens with one attached hydrogen (secondary N) is 1. The van der Waals surface area contributed by atoms with Crippen molar-refractivity contribution in [1.82, 2.24) is 15.3 Å². The highest BCUT2D eigenvalue weighted by Gasteiger charge is 2.05. The van der Waals surface area contributed by atoms with Crippen molar-refractivity contribution >= 4 is 5.82 Å². The van der Waals surface area contributed by atoms with Gasteiger partial charge in [-0.1, -0.05) is 6.07 Å². The minimum absolute atomic E-state index is 0.861. The molecule has 0 aromatic carbocycles. The van der Waals surface area contributed by atoms with E-state index in [9.17, 15) is 0 Å². The smallest absolute Gasteiger partial charge is 0.128 e. The van der Waals surface area contributed by atoms with Gasteiger partial charge in [0.05, 0.1) is 0 Å². The van der Waals surface area contributed by atoms with Crippen LogP contribution in [0.4, 0.5) is 5.82 Å². The summed E-state index contributed by atoms with van der Waals surface area (Å²) in [5, 5.41) is 3.16. The molecule has 0 atom stereocenters. The summed E-state index contributed by atoms with van der Waals surface area (Å²) in [5.41, 5.74) is 3.64. The van der Waals surface area contributed by atoms with Crippen molar-refractivity contribution in [3.05, 3.63) is 53.5 Å². The molecule has 0 fully saturated rings. The van der Waals surface area contributed by atoms with Crippen molar-refractivity contribution in [2.24, 2.45) is 0 Å². The Balaban J connectivity index is 1.98. The Kier molecular flexibility index (Phi) is 5.07. The van der Waals surface area contributed by atoms with Crippen molar-refractivity contribution < 1.29 is 0 Å². The van der Waals surface area contributed by atoms with Gasteiger partial charge < -0.3 is 10.2 Å². The van der Waals surface area contributed by atoms with E-state index < -0.39 is 0 Å². The molecule has 0 saturated heterocycles. The van der Waals surface area contributed by atoms with Gasteiger partial charge in [0, 0.05) is 38.2 Å². The van der Waals surface area contributed by atoms with Gasteiger partial charge in [0.15, 0.2) is 0 Å². The highest BCUT2D eigenvalue weighted by molar-refractivity contribution is 5.41. The average Bonchev–Trinajstić information content (AvgIpc) is 2.48. The Labute approximate surface area is 120 Å². The maximum absolute atomic E-state index is 4.68. The van der Waals surface area contributed by atoms with Crippen LogP contribution in [-0.2, 0) is 13.0 Å². The van der Waals surface area contributed by atoms with Gasteiger partial charge in [0.2, 0.25) is 0 Å². The van der Waals surface area contributed by atoms with Gasteiger partial charge in [-0.2, -0.15) is 0 Å². The molecule has 106 valence electrons. The number of nitrogens with zero attached hydrogens (tertiary/aromatic N) is 3. The molecule has 0 aliphatic carbocycles. The molecule has 0 spiro atoms. The van der Waals surface area contributed by atoms with E-state index in [1.165, 1.54) is 11.1 Å². The molecule has 4 nitrogen and oxygen atoms in total. The molecule has 2 heterocycles. The molecule has 0 saturated carbocycles. The summed E-state index contributed by atoms with van der Waals surface area (Å²) in [6.07, 6.45) is 4.67. The minimum Gasteiger partial charge on any atom is -0.359 e. The van der Waals surface area contributed by atoms with Crippen LogP contribution < -0.4 is 10.2 Å². The third-order valence-electron chi connectivity index (χ3n) is 3.42. The molecule has 1 N–H and O–H groups in total. The third kappa shape index (κ3) is 3.78. The molecule has 0 aliphatic rings. The van der Waals surface area contributed by atoms with Crippen molar-refractivity contribution in [2.45, 2.75) is 19.9 Å². The fourth-order valence-corrected chi connectivity index (χ4v) is 2.13. The van der Waals surface area contributed by atoms with Crippen LogP contribution in [0.5, 0.6) is 0 Å². The van der Waals surface area contributed by atoms with Gasteiger partial charge in [0.25, 0.3) is 0 Å². The number of likely N-dealkylation sites (N-methyl/N-ethyl adjacent to an activating group) is 1. The Morgan fingerprint density at radius 3 is 2.55 bits per heavy atom. The molecule has 2 rings (SSSR count). The van der Waals surface area contributed by atoms with Gasteiger partial charge >= 0.3 is 0 Å². The van der Waals surface area contributed by atoms with Crippen LogP contribution in [0.25, 0.3) is 0 Å². The molecule has 0 bridgehead atoms. The Morgan fingerprint density at radius 1 is 1.15 bits per heavy atom. The number of aromatic nitrogens is 2. The number of anilines is 1. The summed E-state index contributed by atoms with van der Waals surface area (Å²) in [4.78, 5) is 10.9. The number of aryl methyl sites for hydroxylation is 1. The first kappa shape index (κ1) is 14.5. The maximum atomic E-state index is 4.68.